The molecule has 0 aliphatic rings. The molecule has 3 aromatic rings. The second-order valence-electron chi connectivity index (χ2n) is 4.43. The van der Waals surface area contributed by atoms with E-state index in [4.69, 9.17) is 9.26 Å². The zero-order valence-electron chi connectivity index (χ0n) is 11.4. The van der Waals surface area contributed by atoms with Crippen LogP contribution in [0.1, 0.15) is 11.4 Å². The highest BCUT2D eigenvalue weighted by molar-refractivity contribution is 5.60. The molecule has 0 unspecified atom stereocenters. The third kappa shape index (κ3) is 2.84. The molecule has 2 aromatic heterocycles. The van der Waals surface area contributed by atoms with Crippen LogP contribution in [-0.4, -0.2) is 27.3 Å². The van der Waals surface area contributed by atoms with Crippen LogP contribution in [0.4, 0.5) is 0 Å². The summed E-state index contributed by atoms with van der Waals surface area (Å²) < 4.78 is 10.3. The Morgan fingerprint density at radius 1 is 1.19 bits per heavy atom. The van der Waals surface area contributed by atoms with E-state index in [0.29, 0.717) is 17.8 Å². The Morgan fingerprint density at radius 2 is 2.00 bits per heavy atom. The number of ether oxygens (including phenoxy) is 1. The van der Waals surface area contributed by atoms with Gasteiger partial charge in [0, 0.05) is 12.6 Å². The van der Waals surface area contributed by atoms with Crippen LogP contribution >= 0.6 is 0 Å². The molecule has 0 aliphatic carbocycles. The summed E-state index contributed by atoms with van der Waals surface area (Å²) in [4.78, 5) is 8.09. The SMILES string of the molecule is COc1ccc(Cc2noc(-c3ccncc3O)n2)cc1. The maximum atomic E-state index is 9.72. The van der Waals surface area contributed by atoms with E-state index in [-0.39, 0.29) is 11.6 Å². The van der Waals surface area contributed by atoms with E-state index in [1.807, 2.05) is 24.3 Å². The second-order valence-corrected chi connectivity index (χ2v) is 4.43. The minimum Gasteiger partial charge on any atom is -0.505 e. The van der Waals surface area contributed by atoms with E-state index in [1.54, 1.807) is 19.4 Å². The highest BCUT2D eigenvalue weighted by Crippen LogP contribution is 2.26. The number of rotatable bonds is 4. The van der Waals surface area contributed by atoms with Crippen molar-refractivity contribution in [2.45, 2.75) is 6.42 Å². The number of nitrogens with zero attached hydrogens (tertiary/aromatic N) is 3. The Labute approximate surface area is 121 Å². The van der Waals surface area contributed by atoms with Gasteiger partial charge in [0.2, 0.25) is 0 Å². The molecule has 0 saturated carbocycles. The molecule has 2 heterocycles. The standard InChI is InChI=1S/C15H13N3O3/c1-20-11-4-2-10(3-5-11)8-14-17-15(21-18-14)12-6-7-16-9-13(12)19/h2-7,9,19H,8H2,1H3. The largest absolute Gasteiger partial charge is 0.505 e. The van der Waals surface area contributed by atoms with Crippen LogP contribution in [0.5, 0.6) is 11.5 Å². The van der Waals surface area contributed by atoms with Crippen molar-refractivity contribution in [3.05, 3.63) is 54.1 Å². The summed E-state index contributed by atoms with van der Waals surface area (Å²) in [6, 6.07) is 9.27. The van der Waals surface area contributed by atoms with Crippen molar-refractivity contribution < 1.29 is 14.4 Å². The first kappa shape index (κ1) is 13.1. The minimum absolute atomic E-state index is 0.0112. The normalized spacial score (nSPS) is 10.5. The van der Waals surface area contributed by atoms with Crippen molar-refractivity contribution in [1.82, 2.24) is 15.1 Å². The van der Waals surface area contributed by atoms with Crippen molar-refractivity contribution >= 4 is 0 Å². The van der Waals surface area contributed by atoms with Crippen LogP contribution in [0, 0.1) is 0 Å². The molecule has 0 fully saturated rings. The monoisotopic (exact) mass is 283 g/mol. The predicted octanol–water partition coefficient (Wildman–Crippen LogP) is 2.44. The molecule has 3 rings (SSSR count). The molecule has 0 spiro atoms. The maximum absolute atomic E-state index is 9.72. The van der Waals surface area contributed by atoms with Crippen LogP contribution in [0.25, 0.3) is 11.5 Å². The van der Waals surface area contributed by atoms with Gasteiger partial charge in [0.1, 0.15) is 11.5 Å². The molecule has 0 amide bonds. The topological polar surface area (TPSA) is 81.3 Å². The number of methoxy groups -OCH3 is 1. The van der Waals surface area contributed by atoms with Gasteiger partial charge in [-0.25, -0.2) is 0 Å². The first-order valence-electron chi connectivity index (χ1n) is 6.35. The zero-order chi connectivity index (χ0) is 14.7. The third-order valence-corrected chi connectivity index (χ3v) is 3.02. The van der Waals surface area contributed by atoms with E-state index >= 15 is 0 Å². The molecule has 0 bridgehead atoms. The molecule has 1 N–H and O–H groups in total. The van der Waals surface area contributed by atoms with Crippen LogP contribution in [-0.2, 0) is 6.42 Å². The summed E-state index contributed by atoms with van der Waals surface area (Å²) in [5.74, 6) is 1.64. The highest BCUT2D eigenvalue weighted by Gasteiger charge is 2.12. The zero-order valence-corrected chi connectivity index (χ0v) is 11.4. The molecule has 0 radical (unpaired) electrons. The smallest absolute Gasteiger partial charge is 0.261 e. The third-order valence-electron chi connectivity index (χ3n) is 3.02. The minimum atomic E-state index is 0.0112. The van der Waals surface area contributed by atoms with Crippen LogP contribution in [0.3, 0.4) is 0 Å². The van der Waals surface area contributed by atoms with Crippen LogP contribution < -0.4 is 4.74 Å². The summed E-state index contributed by atoms with van der Waals surface area (Å²) >= 11 is 0. The average Bonchev–Trinajstić information content (AvgIpc) is 2.97. The van der Waals surface area contributed by atoms with Crippen LogP contribution in [0.15, 0.2) is 47.2 Å². The first-order chi connectivity index (χ1) is 10.3. The van der Waals surface area contributed by atoms with Gasteiger partial charge in [-0.1, -0.05) is 17.3 Å². The van der Waals surface area contributed by atoms with E-state index in [0.717, 1.165) is 11.3 Å². The Balaban J connectivity index is 1.80. The van der Waals surface area contributed by atoms with Gasteiger partial charge in [0.05, 0.1) is 18.9 Å². The number of pyridine rings is 1. The van der Waals surface area contributed by atoms with Gasteiger partial charge < -0.3 is 14.4 Å². The molecule has 6 nitrogen and oxygen atoms in total. The number of aromatic hydroxyl groups is 1. The summed E-state index contributed by atoms with van der Waals surface area (Å²) in [7, 11) is 1.63. The lowest BCUT2D eigenvalue weighted by Gasteiger charge is -2.00. The van der Waals surface area contributed by atoms with E-state index in [1.165, 1.54) is 6.20 Å². The summed E-state index contributed by atoms with van der Waals surface area (Å²) in [5, 5.41) is 13.6. The molecule has 106 valence electrons. The number of benzene rings is 1. The molecule has 0 aliphatic heterocycles. The quantitative estimate of drug-likeness (QED) is 0.792. The summed E-state index contributed by atoms with van der Waals surface area (Å²) in [6.45, 7) is 0. The molecule has 1 aromatic carbocycles. The van der Waals surface area contributed by atoms with Crippen molar-refractivity contribution in [2.24, 2.45) is 0 Å². The van der Waals surface area contributed by atoms with Crippen LogP contribution in [0.2, 0.25) is 0 Å². The Bertz CT molecular complexity index is 738. The fraction of sp³-hybridized carbons (Fsp3) is 0.133. The Morgan fingerprint density at radius 3 is 2.71 bits per heavy atom. The Hall–Kier alpha value is -2.89. The van der Waals surface area contributed by atoms with E-state index in [9.17, 15) is 5.11 Å². The fourth-order valence-electron chi connectivity index (χ4n) is 1.93. The second kappa shape index (κ2) is 5.62. The number of aromatic nitrogens is 3. The van der Waals surface area contributed by atoms with Gasteiger partial charge >= 0.3 is 0 Å². The van der Waals surface area contributed by atoms with Gasteiger partial charge in [0.25, 0.3) is 5.89 Å². The summed E-state index contributed by atoms with van der Waals surface area (Å²) in [5.41, 5.74) is 1.51. The lowest BCUT2D eigenvalue weighted by molar-refractivity contribution is 0.414. The first-order valence-corrected chi connectivity index (χ1v) is 6.35. The van der Waals surface area contributed by atoms with Crippen molar-refractivity contribution in [3.63, 3.8) is 0 Å². The number of hydrogen-bond donors (Lipinski definition) is 1. The van der Waals surface area contributed by atoms with E-state index < -0.39 is 0 Å². The molecule has 0 saturated heterocycles. The fourth-order valence-corrected chi connectivity index (χ4v) is 1.93. The van der Waals surface area contributed by atoms with Gasteiger partial charge in [-0.15, -0.1) is 0 Å². The van der Waals surface area contributed by atoms with E-state index in [2.05, 4.69) is 15.1 Å². The predicted molar refractivity (Wildman–Crippen MR) is 75.0 cm³/mol. The Kier molecular flexibility index (Phi) is 3.51. The lowest BCUT2D eigenvalue weighted by atomic mass is 10.1. The molecular weight excluding hydrogens is 270 g/mol. The van der Waals surface area contributed by atoms with Crippen molar-refractivity contribution in [1.29, 1.82) is 0 Å². The van der Waals surface area contributed by atoms with Gasteiger partial charge in [-0.3, -0.25) is 4.98 Å². The highest BCUT2D eigenvalue weighted by atomic mass is 16.5. The van der Waals surface area contributed by atoms with Crippen molar-refractivity contribution in [2.75, 3.05) is 7.11 Å². The van der Waals surface area contributed by atoms with Gasteiger partial charge in [-0.2, -0.15) is 4.98 Å². The molecular formula is C15H13N3O3. The van der Waals surface area contributed by atoms with Gasteiger partial charge in [-0.05, 0) is 23.8 Å². The molecule has 0 atom stereocenters. The van der Waals surface area contributed by atoms with Gasteiger partial charge in [0.15, 0.2) is 5.82 Å². The maximum Gasteiger partial charge on any atom is 0.261 e. The molecule has 6 heteroatoms. The number of hydrogen-bond acceptors (Lipinski definition) is 6. The average molecular weight is 283 g/mol. The van der Waals surface area contributed by atoms with Crippen molar-refractivity contribution in [3.8, 4) is 23.0 Å². The lowest BCUT2D eigenvalue weighted by Crippen LogP contribution is -1.91. The summed E-state index contributed by atoms with van der Waals surface area (Å²) in [6.07, 6.45) is 3.43. The molecule has 21 heavy (non-hydrogen) atoms.